The molecule has 1 unspecified atom stereocenters. The second-order valence-corrected chi connectivity index (χ2v) is 4.36. The maximum absolute atomic E-state index is 9.98. The molecule has 0 radical (unpaired) electrons. The standard InChI is InChI=1S/C14H16O3/c1-14(16,9-15)12-5-3-11-8-13(17-2)6-4-10(11)7-12/h3-8,15-16H,9H2,1-2H3. The van der Waals surface area contributed by atoms with Gasteiger partial charge in [0.15, 0.2) is 0 Å². The Morgan fingerprint density at radius 3 is 2.41 bits per heavy atom. The third-order valence-corrected chi connectivity index (χ3v) is 2.98. The highest BCUT2D eigenvalue weighted by Crippen LogP contribution is 2.26. The fraction of sp³-hybridized carbons (Fsp3) is 0.286. The molecule has 0 spiro atoms. The first-order chi connectivity index (χ1) is 8.06. The molecule has 90 valence electrons. The summed E-state index contributed by atoms with van der Waals surface area (Å²) >= 11 is 0. The zero-order chi connectivity index (χ0) is 12.5. The minimum absolute atomic E-state index is 0.297. The fourth-order valence-electron chi connectivity index (χ4n) is 1.78. The molecule has 0 aliphatic carbocycles. The lowest BCUT2D eigenvalue weighted by Gasteiger charge is -2.21. The van der Waals surface area contributed by atoms with E-state index in [9.17, 15) is 5.11 Å². The number of aliphatic hydroxyl groups is 2. The highest BCUT2D eigenvalue weighted by Gasteiger charge is 2.21. The van der Waals surface area contributed by atoms with E-state index >= 15 is 0 Å². The third kappa shape index (κ3) is 2.25. The second-order valence-electron chi connectivity index (χ2n) is 4.36. The summed E-state index contributed by atoms with van der Waals surface area (Å²) < 4.78 is 5.15. The van der Waals surface area contributed by atoms with Crippen molar-refractivity contribution in [2.24, 2.45) is 0 Å². The van der Waals surface area contributed by atoms with Crippen molar-refractivity contribution in [3.63, 3.8) is 0 Å². The van der Waals surface area contributed by atoms with E-state index < -0.39 is 5.60 Å². The molecule has 0 aliphatic rings. The van der Waals surface area contributed by atoms with E-state index in [1.807, 2.05) is 36.4 Å². The van der Waals surface area contributed by atoms with Gasteiger partial charge < -0.3 is 14.9 Å². The zero-order valence-corrected chi connectivity index (χ0v) is 9.97. The van der Waals surface area contributed by atoms with Gasteiger partial charge in [0.25, 0.3) is 0 Å². The van der Waals surface area contributed by atoms with Gasteiger partial charge in [0.2, 0.25) is 0 Å². The predicted molar refractivity (Wildman–Crippen MR) is 67.2 cm³/mol. The summed E-state index contributed by atoms with van der Waals surface area (Å²) in [6, 6.07) is 11.4. The summed E-state index contributed by atoms with van der Waals surface area (Å²) in [4.78, 5) is 0. The van der Waals surface area contributed by atoms with Crippen LogP contribution in [0.2, 0.25) is 0 Å². The van der Waals surface area contributed by atoms with Gasteiger partial charge in [0.05, 0.1) is 13.7 Å². The molecule has 0 aliphatic heterocycles. The van der Waals surface area contributed by atoms with Gasteiger partial charge in [0.1, 0.15) is 11.4 Å². The van der Waals surface area contributed by atoms with Crippen LogP contribution in [-0.2, 0) is 5.60 Å². The van der Waals surface area contributed by atoms with Gasteiger partial charge in [-0.25, -0.2) is 0 Å². The summed E-state index contributed by atoms with van der Waals surface area (Å²) in [5.41, 5.74) is -0.494. The highest BCUT2D eigenvalue weighted by molar-refractivity contribution is 5.84. The largest absolute Gasteiger partial charge is 0.497 e. The van der Waals surface area contributed by atoms with Crippen molar-refractivity contribution in [3.05, 3.63) is 42.0 Å². The molecule has 2 aromatic rings. The lowest BCUT2D eigenvalue weighted by atomic mass is 9.94. The van der Waals surface area contributed by atoms with Gasteiger partial charge in [-0.3, -0.25) is 0 Å². The molecule has 3 heteroatoms. The molecule has 17 heavy (non-hydrogen) atoms. The van der Waals surface area contributed by atoms with Crippen molar-refractivity contribution in [2.75, 3.05) is 13.7 Å². The number of hydrogen-bond donors (Lipinski definition) is 2. The van der Waals surface area contributed by atoms with Gasteiger partial charge in [-0.15, -0.1) is 0 Å². The Morgan fingerprint density at radius 1 is 1.12 bits per heavy atom. The normalized spacial score (nSPS) is 14.6. The monoisotopic (exact) mass is 232 g/mol. The molecule has 2 rings (SSSR count). The second kappa shape index (κ2) is 4.35. The molecule has 0 saturated heterocycles. The van der Waals surface area contributed by atoms with E-state index in [1.165, 1.54) is 0 Å². The molecule has 0 saturated carbocycles. The Morgan fingerprint density at radius 2 is 1.76 bits per heavy atom. The average Bonchev–Trinajstić information content (AvgIpc) is 2.37. The first kappa shape index (κ1) is 11.9. The van der Waals surface area contributed by atoms with Crippen molar-refractivity contribution in [1.29, 1.82) is 0 Å². The van der Waals surface area contributed by atoms with Gasteiger partial charge >= 0.3 is 0 Å². The van der Waals surface area contributed by atoms with E-state index in [2.05, 4.69) is 0 Å². The minimum atomic E-state index is -1.20. The van der Waals surface area contributed by atoms with E-state index in [0.29, 0.717) is 5.56 Å². The molecule has 2 N–H and O–H groups in total. The van der Waals surface area contributed by atoms with Gasteiger partial charge in [0, 0.05) is 0 Å². The summed E-state index contributed by atoms with van der Waals surface area (Å²) in [7, 11) is 1.63. The average molecular weight is 232 g/mol. The van der Waals surface area contributed by atoms with Crippen LogP contribution in [0, 0.1) is 0 Å². The minimum Gasteiger partial charge on any atom is -0.497 e. The van der Waals surface area contributed by atoms with E-state index in [1.54, 1.807) is 14.0 Å². The first-order valence-corrected chi connectivity index (χ1v) is 5.48. The summed E-state index contributed by atoms with van der Waals surface area (Å²) in [6.45, 7) is 1.30. The smallest absolute Gasteiger partial charge is 0.119 e. The molecular weight excluding hydrogens is 216 g/mol. The number of aliphatic hydroxyl groups excluding tert-OH is 1. The number of hydrogen-bond acceptors (Lipinski definition) is 3. The van der Waals surface area contributed by atoms with E-state index in [-0.39, 0.29) is 6.61 Å². The van der Waals surface area contributed by atoms with Crippen LogP contribution < -0.4 is 4.74 Å². The van der Waals surface area contributed by atoms with Crippen LogP contribution in [0.4, 0.5) is 0 Å². The lowest BCUT2D eigenvalue weighted by Crippen LogP contribution is -2.25. The number of rotatable bonds is 3. The van der Waals surface area contributed by atoms with Crippen LogP contribution in [-0.4, -0.2) is 23.9 Å². The first-order valence-electron chi connectivity index (χ1n) is 5.48. The van der Waals surface area contributed by atoms with Crippen LogP contribution in [0.3, 0.4) is 0 Å². The Labute approximate surface area is 100 Å². The lowest BCUT2D eigenvalue weighted by molar-refractivity contribution is -0.00217. The van der Waals surface area contributed by atoms with Gasteiger partial charge in [-0.2, -0.15) is 0 Å². The Bertz CT molecular complexity index is 532. The van der Waals surface area contributed by atoms with Crippen molar-refractivity contribution in [2.45, 2.75) is 12.5 Å². The third-order valence-electron chi connectivity index (χ3n) is 2.98. The molecular formula is C14H16O3. The molecule has 0 heterocycles. The maximum atomic E-state index is 9.98. The molecule has 2 aromatic carbocycles. The van der Waals surface area contributed by atoms with Gasteiger partial charge in [-0.05, 0) is 41.5 Å². The summed E-state index contributed by atoms with van der Waals surface area (Å²) in [6.07, 6.45) is 0. The predicted octanol–water partition coefficient (Wildman–Crippen LogP) is 2.05. The topological polar surface area (TPSA) is 49.7 Å². The number of ether oxygens (including phenoxy) is 1. The Balaban J connectivity index is 2.52. The van der Waals surface area contributed by atoms with Crippen LogP contribution >= 0.6 is 0 Å². The molecule has 3 nitrogen and oxygen atoms in total. The zero-order valence-electron chi connectivity index (χ0n) is 9.97. The van der Waals surface area contributed by atoms with Crippen molar-refractivity contribution in [1.82, 2.24) is 0 Å². The van der Waals surface area contributed by atoms with Crippen LogP contribution in [0.25, 0.3) is 10.8 Å². The maximum Gasteiger partial charge on any atom is 0.119 e. The summed E-state index contributed by atoms with van der Waals surface area (Å²) in [5.74, 6) is 0.805. The highest BCUT2D eigenvalue weighted by atomic mass is 16.5. The van der Waals surface area contributed by atoms with Crippen LogP contribution in [0.5, 0.6) is 5.75 Å². The molecule has 1 atom stereocenters. The quantitative estimate of drug-likeness (QED) is 0.851. The van der Waals surface area contributed by atoms with Gasteiger partial charge in [-0.1, -0.05) is 18.2 Å². The number of fused-ring (bicyclic) bond motifs is 1. The van der Waals surface area contributed by atoms with Crippen molar-refractivity contribution >= 4 is 10.8 Å². The molecule has 0 bridgehead atoms. The number of methoxy groups -OCH3 is 1. The molecule has 0 aromatic heterocycles. The van der Waals surface area contributed by atoms with E-state index in [0.717, 1.165) is 16.5 Å². The van der Waals surface area contributed by atoms with E-state index in [4.69, 9.17) is 9.84 Å². The molecule has 0 fully saturated rings. The Kier molecular flexibility index (Phi) is 3.05. The molecule has 0 amide bonds. The van der Waals surface area contributed by atoms with Crippen molar-refractivity contribution < 1.29 is 14.9 Å². The SMILES string of the molecule is COc1ccc2cc(C(C)(O)CO)ccc2c1. The summed E-state index contributed by atoms with van der Waals surface area (Å²) in [5, 5.41) is 21.2. The van der Waals surface area contributed by atoms with Crippen LogP contribution in [0.15, 0.2) is 36.4 Å². The fourth-order valence-corrected chi connectivity index (χ4v) is 1.78. The van der Waals surface area contributed by atoms with Crippen LogP contribution in [0.1, 0.15) is 12.5 Å². The van der Waals surface area contributed by atoms with Crippen molar-refractivity contribution in [3.8, 4) is 5.75 Å². The Hall–Kier alpha value is -1.58. The number of benzene rings is 2.